The van der Waals surface area contributed by atoms with Crippen LogP contribution in [0.3, 0.4) is 0 Å². The Hall–Kier alpha value is -2.83. The van der Waals surface area contributed by atoms with Crippen molar-refractivity contribution in [2.75, 3.05) is 38.1 Å². The van der Waals surface area contributed by atoms with Crippen LogP contribution in [0.25, 0.3) is 27.9 Å². The van der Waals surface area contributed by atoms with Crippen LogP contribution in [0, 0.1) is 0 Å². The maximum Gasteiger partial charge on any atom is 0.345 e. The van der Waals surface area contributed by atoms with E-state index in [0.29, 0.717) is 21.9 Å². The minimum absolute atomic E-state index is 0.389. The van der Waals surface area contributed by atoms with Gasteiger partial charge < -0.3 is 18.6 Å². The van der Waals surface area contributed by atoms with Gasteiger partial charge >= 0.3 is 5.63 Å². The molecule has 4 heterocycles. The summed E-state index contributed by atoms with van der Waals surface area (Å²) in [6.07, 6.45) is 4.68. The number of nitrogens with zero attached hydrogens (tertiary/aromatic N) is 4. The third-order valence-electron chi connectivity index (χ3n) is 5.50. The lowest BCUT2D eigenvalue weighted by Gasteiger charge is -2.22. The molecule has 0 bridgehead atoms. The molecule has 1 fully saturated rings. The molecule has 0 amide bonds. The highest BCUT2D eigenvalue weighted by molar-refractivity contribution is 6.30. The average molecular weight is 409 g/mol. The highest BCUT2D eigenvalue weighted by atomic mass is 35.5. The van der Waals surface area contributed by atoms with Gasteiger partial charge in [-0.25, -0.2) is 9.78 Å². The van der Waals surface area contributed by atoms with Gasteiger partial charge in [-0.3, -0.25) is 0 Å². The number of aromatic nitrogens is 2. The number of pyridine rings is 1. The second-order valence-corrected chi connectivity index (χ2v) is 7.99. The molecule has 7 heteroatoms. The van der Waals surface area contributed by atoms with Gasteiger partial charge in [-0.15, -0.1) is 0 Å². The first kappa shape index (κ1) is 18.2. The Balaban J connectivity index is 1.53. The average Bonchev–Trinajstić information content (AvgIpc) is 2.99. The standard InChI is InChI=1S/C22H21ClN4O2/c1-25-7-2-8-26(10-9-25)17-5-3-15-11-18(22(28)29-20(15)12-17)19-14-27-13-16(23)4-6-21(27)24-19/h3-6,11-14H,2,7-10H2,1H3. The molecular weight excluding hydrogens is 388 g/mol. The first-order valence-electron chi connectivity index (χ1n) is 9.73. The molecule has 5 rings (SSSR count). The van der Waals surface area contributed by atoms with Crippen molar-refractivity contribution in [1.82, 2.24) is 14.3 Å². The van der Waals surface area contributed by atoms with Crippen LogP contribution >= 0.6 is 11.6 Å². The zero-order chi connectivity index (χ0) is 20.0. The number of hydrogen-bond acceptors (Lipinski definition) is 5. The van der Waals surface area contributed by atoms with Crippen molar-refractivity contribution in [2.45, 2.75) is 6.42 Å². The zero-order valence-electron chi connectivity index (χ0n) is 16.1. The number of imidazole rings is 1. The Kier molecular flexibility index (Phi) is 4.53. The Morgan fingerprint density at radius 2 is 1.93 bits per heavy atom. The molecule has 0 atom stereocenters. The minimum Gasteiger partial charge on any atom is -0.422 e. The summed E-state index contributed by atoms with van der Waals surface area (Å²) >= 11 is 6.04. The second kappa shape index (κ2) is 7.21. The van der Waals surface area contributed by atoms with Crippen molar-refractivity contribution >= 4 is 33.9 Å². The quantitative estimate of drug-likeness (QED) is 0.471. The molecule has 29 heavy (non-hydrogen) atoms. The van der Waals surface area contributed by atoms with Crippen LogP contribution in [-0.2, 0) is 0 Å². The van der Waals surface area contributed by atoms with Gasteiger partial charge in [0.15, 0.2) is 0 Å². The fraction of sp³-hybridized carbons (Fsp3) is 0.273. The summed E-state index contributed by atoms with van der Waals surface area (Å²) in [7, 11) is 2.15. The number of likely N-dealkylation sites (N-methyl/N-ethyl adjacent to an activating group) is 1. The van der Waals surface area contributed by atoms with Crippen molar-refractivity contribution in [3.63, 3.8) is 0 Å². The molecule has 1 saturated heterocycles. The van der Waals surface area contributed by atoms with Gasteiger partial charge in [0, 0.05) is 49.2 Å². The Labute approximate surface area is 172 Å². The molecule has 1 aliphatic rings. The summed E-state index contributed by atoms with van der Waals surface area (Å²) in [6.45, 7) is 4.10. The lowest BCUT2D eigenvalue weighted by Crippen LogP contribution is -2.28. The van der Waals surface area contributed by atoms with E-state index in [0.717, 1.165) is 49.3 Å². The smallest absolute Gasteiger partial charge is 0.345 e. The Bertz CT molecular complexity index is 1260. The Morgan fingerprint density at radius 1 is 1.03 bits per heavy atom. The molecule has 0 N–H and O–H groups in total. The van der Waals surface area contributed by atoms with E-state index in [-0.39, 0.29) is 5.63 Å². The lowest BCUT2D eigenvalue weighted by atomic mass is 10.1. The molecular formula is C22H21ClN4O2. The number of anilines is 1. The molecule has 0 aliphatic carbocycles. The van der Waals surface area contributed by atoms with Crippen LogP contribution in [0.4, 0.5) is 5.69 Å². The maximum atomic E-state index is 12.7. The van der Waals surface area contributed by atoms with Crippen molar-refractivity contribution in [2.24, 2.45) is 0 Å². The van der Waals surface area contributed by atoms with E-state index in [2.05, 4.69) is 27.9 Å². The number of benzene rings is 1. The predicted octanol–water partition coefficient (Wildman–Crippen LogP) is 3.90. The van der Waals surface area contributed by atoms with E-state index < -0.39 is 0 Å². The number of halogens is 1. The summed E-state index contributed by atoms with van der Waals surface area (Å²) in [6, 6.07) is 11.5. The summed E-state index contributed by atoms with van der Waals surface area (Å²) in [5.41, 5.74) is 3.04. The molecule has 3 aromatic heterocycles. The maximum absolute atomic E-state index is 12.7. The van der Waals surface area contributed by atoms with Crippen LogP contribution in [0.5, 0.6) is 0 Å². The first-order chi connectivity index (χ1) is 14.1. The fourth-order valence-electron chi connectivity index (χ4n) is 3.87. The third-order valence-corrected chi connectivity index (χ3v) is 5.72. The molecule has 1 aliphatic heterocycles. The predicted molar refractivity (Wildman–Crippen MR) is 116 cm³/mol. The van der Waals surface area contributed by atoms with Gasteiger partial charge in [0.1, 0.15) is 11.2 Å². The second-order valence-electron chi connectivity index (χ2n) is 7.55. The van der Waals surface area contributed by atoms with Gasteiger partial charge in [0.05, 0.1) is 16.3 Å². The van der Waals surface area contributed by atoms with Gasteiger partial charge in [-0.2, -0.15) is 0 Å². The van der Waals surface area contributed by atoms with E-state index >= 15 is 0 Å². The monoisotopic (exact) mass is 408 g/mol. The van der Waals surface area contributed by atoms with Gasteiger partial charge in [-0.1, -0.05) is 11.6 Å². The van der Waals surface area contributed by atoms with Gasteiger partial charge in [0.25, 0.3) is 0 Å². The fourth-order valence-corrected chi connectivity index (χ4v) is 4.04. The highest BCUT2D eigenvalue weighted by Crippen LogP contribution is 2.26. The van der Waals surface area contributed by atoms with Crippen LogP contribution < -0.4 is 10.5 Å². The van der Waals surface area contributed by atoms with Crippen molar-refractivity contribution in [3.05, 3.63) is 64.2 Å². The molecule has 148 valence electrons. The molecule has 6 nitrogen and oxygen atoms in total. The van der Waals surface area contributed by atoms with Gasteiger partial charge in [-0.05, 0) is 50.3 Å². The largest absolute Gasteiger partial charge is 0.422 e. The van der Waals surface area contributed by atoms with Crippen LogP contribution in [-0.4, -0.2) is 47.5 Å². The molecule has 0 saturated carbocycles. The lowest BCUT2D eigenvalue weighted by molar-refractivity contribution is 0.360. The van der Waals surface area contributed by atoms with Crippen LogP contribution in [0.15, 0.2) is 58.0 Å². The van der Waals surface area contributed by atoms with Crippen molar-refractivity contribution in [1.29, 1.82) is 0 Å². The zero-order valence-corrected chi connectivity index (χ0v) is 16.9. The van der Waals surface area contributed by atoms with E-state index in [1.54, 1.807) is 22.9 Å². The molecule has 0 radical (unpaired) electrons. The SMILES string of the molecule is CN1CCCN(c2ccc3cc(-c4cn5cc(Cl)ccc5n4)c(=O)oc3c2)CC1. The number of hydrogen-bond donors (Lipinski definition) is 0. The molecule has 4 aromatic rings. The summed E-state index contributed by atoms with van der Waals surface area (Å²) < 4.78 is 7.49. The van der Waals surface area contributed by atoms with E-state index in [1.807, 2.05) is 24.3 Å². The van der Waals surface area contributed by atoms with Crippen molar-refractivity contribution in [3.8, 4) is 11.3 Å². The van der Waals surface area contributed by atoms with Gasteiger partial charge in [0.2, 0.25) is 0 Å². The normalized spacial score (nSPS) is 15.9. The summed E-state index contributed by atoms with van der Waals surface area (Å²) in [5.74, 6) is 0. The topological polar surface area (TPSA) is 54.0 Å². The molecule has 0 spiro atoms. The van der Waals surface area contributed by atoms with E-state index in [4.69, 9.17) is 16.0 Å². The molecule has 1 aromatic carbocycles. The number of fused-ring (bicyclic) bond motifs is 2. The third kappa shape index (κ3) is 3.50. The highest BCUT2D eigenvalue weighted by Gasteiger charge is 2.15. The Morgan fingerprint density at radius 3 is 2.83 bits per heavy atom. The first-order valence-corrected chi connectivity index (χ1v) is 10.1. The van der Waals surface area contributed by atoms with E-state index in [1.165, 1.54) is 0 Å². The van der Waals surface area contributed by atoms with E-state index in [9.17, 15) is 4.79 Å². The van der Waals surface area contributed by atoms with Crippen molar-refractivity contribution < 1.29 is 4.42 Å². The number of rotatable bonds is 2. The summed E-state index contributed by atoms with van der Waals surface area (Å²) in [4.78, 5) is 21.9. The van der Waals surface area contributed by atoms with Crippen LogP contribution in [0.2, 0.25) is 5.02 Å². The minimum atomic E-state index is -0.389. The summed E-state index contributed by atoms with van der Waals surface area (Å²) in [5, 5.41) is 1.49. The molecule has 0 unspecified atom stereocenters. The van der Waals surface area contributed by atoms with Crippen LogP contribution in [0.1, 0.15) is 6.42 Å².